The molecule has 2 aliphatic carbocycles. The molecule has 1 spiro atoms. The number of unbranched alkanes of at least 4 members (excludes halogenated alkanes) is 1. The monoisotopic (exact) mass is 490 g/mol. The predicted molar refractivity (Wildman–Crippen MR) is 132 cm³/mol. The van der Waals surface area contributed by atoms with Crippen LogP contribution in [-0.4, -0.2) is 48.4 Å². The van der Waals surface area contributed by atoms with E-state index in [9.17, 15) is 14.7 Å². The molecule has 0 amide bonds. The first-order valence-electron chi connectivity index (χ1n) is 12.8. The first kappa shape index (κ1) is 27.6. The Kier molecular flexibility index (Phi) is 8.66. The summed E-state index contributed by atoms with van der Waals surface area (Å²) in [5.41, 5.74) is 0.645. The highest BCUT2D eigenvalue weighted by Gasteiger charge is 2.69. The van der Waals surface area contributed by atoms with Crippen LogP contribution in [-0.2, 0) is 28.5 Å². The highest BCUT2D eigenvalue weighted by atomic mass is 16.8. The highest BCUT2D eigenvalue weighted by molar-refractivity contribution is 5.67. The van der Waals surface area contributed by atoms with Crippen LogP contribution in [0, 0.1) is 22.7 Å². The Bertz CT molecular complexity index is 877. The van der Waals surface area contributed by atoms with Crippen molar-refractivity contribution in [2.75, 3.05) is 6.61 Å². The molecular weight excluding hydrogens is 448 g/mol. The molecule has 0 aromatic carbocycles. The summed E-state index contributed by atoms with van der Waals surface area (Å²) in [6, 6.07) is 0. The Morgan fingerprint density at radius 3 is 2.54 bits per heavy atom. The summed E-state index contributed by atoms with van der Waals surface area (Å²) in [6.45, 7) is 15.8. The van der Waals surface area contributed by atoms with Crippen molar-refractivity contribution < 1.29 is 33.6 Å². The molecule has 1 saturated carbocycles. The molecule has 7 heteroatoms. The number of aliphatic hydroxyl groups is 1. The SMILES string of the molecule is C=C/C(C)=C/C[C@]1(C)[C@H](C)[C@@H](OCCCC)C[C@@]23C(=C[C@H](O)C[C@@H]12)[C@@H](OC(C)=O)O[C@H]3OC(C)=O. The van der Waals surface area contributed by atoms with E-state index in [1.807, 2.05) is 13.0 Å². The largest absolute Gasteiger partial charge is 0.435 e. The van der Waals surface area contributed by atoms with Gasteiger partial charge in [-0.2, -0.15) is 0 Å². The average molecular weight is 491 g/mol. The maximum atomic E-state index is 12.2. The average Bonchev–Trinajstić information content (AvgIpc) is 3.06. The van der Waals surface area contributed by atoms with Crippen molar-refractivity contribution in [1.82, 2.24) is 0 Å². The third-order valence-corrected chi connectivity index (χ3v) is 8.42. The van der Waals surface area contributed by atoms with Crippen LogP contribution >= 0.6 is 0 Å². The fourth-order valence-corrected chi connectivity index (χ4v) is 6.35. The van der Waals surface area contributed by atoms with Gasteiger partial charge in [0.1, 0.15) is 0 Å². The fourth-order valence-electron chi connectivity index (χ4n) is 6.35. The Labute approximate surface area is 209 Å². The molecular formula is C28H42O7. The number of ether oxygens (including phenoxy) is 4. The van der Waals surface area contributed by atoms with Gasteiger partial charge in [-0.3, -0.25) is 14.3 Å². The van der Waals surface area contributed by atoms with Crippen LogP contribution in [0.1, 0.15) is 73.6 Å². The summed E-state index contributed by atoms with van der Waals surface area (Å²) < 4.78 is 23.9. The van der Waals surface area contributed by atoms with Gasteiger partial charge in [0.15, 0.2) is 0 Å². The molecule has 196 valence electrons. The van der Waals surface area contributed by atoms with Crippen molar-refractivity contribution in [2.45, 2.75) is 98.4 Å². The molecule has 0 unspecified atom stereocenters. The van der Waals surface area contributed by atoms with Crippen LogP contribution in [0.25, 0.3) is 0 Å². The second-order valence-corrected chi connectivity index (χ2v) is 10.7. The first-order valence-corrected chi connectivity index (χ1v) is 12.8. The van der Waals surface area contributed by atoms with Gasteiger partial charge >= 0.3 is 11.9 Å². The van der Waals surface area contributed by atoms with Crippen molar-refractivity contribution >= 4 is 11.9 Å². The van der Waals surface area contributed by atoms with E-state index in [2.05, 4.69) is 33.4 Å². The first-order chi connectivity index (χ1) is 16.5. The molecule has 2 fully saturated rings. The summed E-state index contributed by atoms with van der Waals surface area (Å²) in [5.74, 6) is -0.924. The number of carbonyl (C=O) groups is 2. The molecule has 1 N–H and O–H groups in total. The minimum atomic E-state index is -1.02. The van der Waals surface area contributed by atoms with E-state index in [-0.39, 0.29) is 23.4 Å². The summed E-state index contributed by atoms with van der Waals surface area (Å²) in [4.78, 5) is 24.1. The molecule has 1 heterocycles. The van der Waals surface area contributed by atoms with Crippen molar-refractivity contribution in [3.05, 3.63) is 36.0 Å². The zero-order valence-electron chi connectivity index (χ0n) is 22.0. The van der Waals surface area contributed by atoms with E-state index in [1.165, 1.54) is 13.8 Å². The lowest BCUT2D eigenvalue weighted by atomic mass is 9.45. The van der Waals surface area contributed by atoms with E-state index in [1.54, 1.807) is 6.08 Å². The number of hydrogen-bond acceptors (Lipinski definition) is 7. The second-order valence-electron chi connectivity index (χ2n) is 10.7. The fraction of sp³-hybridized carbons (Fsp3) is 0.714. The van der Waals surface area contributed by atoms with E-state index < -0.39 is 36.0 Å². The van der Waals surface area contributed by atoms with E-state index >= 15 is 0 Å². The number of aliphatic hydroxyl groups excluding tert-OH is 1. The van der Waals surface area contributed by atoms with Crippen molar-refractivity contribution in [3.8, 4) is 0 Å². The predicted octanol–water partition coefficient (Wildman–Crippen LogP) is 4.84. The Morgan fingerprint density at radius 2 is 1.94 bits per heavy atom. The second kappa shape index (κ2) is 11.0. The van der Waals surface area contributed by atoms with E-state index in [4.69, 9.17) is 18.9 Å². The molecule has 3 aliphatic rings. The standard InChI is InChI=1S/C28H42O7/c1-8-10-13-32-23-16-28-22(25(33-19(5)29)35-26(28)34-20(6)30)14-21(31)15-24(28)27(7,18(23)4)12-11-17(3)9-2/h9,11,14,18,21,23-26,31H,2,8,10,12-13,15-16H2,1,3-7H3/b17-11+/t18-,21+,23+,24+,25+,26-,27-,28-/m1/s1. The number of rotatable bonds is 9. The van der Waals surface area contributed by atoms with Gasteiger partial charge in [-0.1, -0.05) is 51.5 Å². The van der Waals surface area contributed by atoms with Gasteiger partial charge in [0.25, 0.3) is 0 Å². The van der Waals surface area contributed by atoms with Gasteiger partial charge in [0, 0.05) is 26.0 Å². The quantitative estimate of drug-likeness (QED) is 0.214. The molecule has 1 aliphatic heterocycles. The minimum absolute atomic E-state index is 0.107. The highest BCUT2D eigenvalue weighted by Crippen LogP contribution is 2.67. The van der Waals surface area contributed by atoms with Crippen molar-refractivity contribution in [3.63, 3.8) is 0 Å². The van der Waals surface area contributed by atoms with E-state index in [0.717, 1.165) is 24.8 Å². The minimum Gasteiger partial charge on any atom is -0.435 e. The number of allylic oxidation sites excluding steroid dienone is 3. The van der Waals surface area contributed by atoms with Gasteiger partial charge < -0.3 is 19.3 Å². The lowest BCUT2D eigenvalue weighted by Gasteiger charge is -2.60. The molecule has 35 heavy (non-hydrogen) atoms. The Balaban J connectivity index is 2.17. The molecule has 0 aromatic rings. The number of hydrogen-bond donors (Lipinski definition) is 1. The van der Waals surface area contributed by atoms with Gasteiger partial charge in [-0.25, -0.2) is 0 Å². The molecule has 0 bridgehead atoms. The van der Waals surface area contributed by atoms with Gasteiger partial charge in [-0.15, -0.1) is 0 Å². The van der Waals surface area contributed by atoms with Crippen molar-refractivity contribution in [1.29, 1.82) is 0 Å². The molecule has 3 rings (SSSR count). The van der Waals surface area contributed by atoms with Gasteiger partial charge in [-0.05, 0) is 55.9 Å². The number of carbonyl (C=O) groups excluding carboxylic acids is 2. The lowest BCUT2D eigenvalue weighted by molar-refractivity contribution is -0.247. The molecule has 0 radical (unpaired) electrons. The Hall–Kier alpha value is -1.96. The molecule has 0 aromatic heterocycles. The molecule has 1 saturated heterocycles. The normalized spacial score (nSPS) is 38.7. The van der Waals surface area contributed by atoms with Crippen LogP contribution in [0.5, 0.6) is 0 Å². The maximum absolute atomic E-state index is 12.2. The molecule has 8 atom stereocenters. The summed E-state index contributed by atoms with van der Waals surface area (Å²) in [5, 5.41) is 11.0. The Morgan fingerprint density at radius 1 is 1.26 bits per heavy atom. The maximum Gasteiger partial charge on any atom is 0.305 e. The third kappa shape index (κ3) is 5.27. The van der Waals surface area contributed by atoms with Gasteiger partial charge in [0.2, 0.25) is 12.6 Å². The number of esters is 2. The van der Waals surface area contributed by atoms with E-state index in [0.29, 0.717) is 25.0 Å². The molecule has 7 nitrogen and oxygen atoms in total. The van der Waals surface area contributed by atoms with Crippen LogP contribution in [0.3, 0.4) is 0 Å². The van der Waals surface area contributed by atoms with Crippen LogP contribution < -0.4 is 0 Å². The lowest BCUT2D eigenvalue weighted by Crippen LogP contribution is -2.61. The third-order valence-electron chi connectivity index (χ3n) is 8.42. The zero-order valence-corrected chi connectivity index (χ0v) is 22.0. The summed E-state index contributed by atoms with van der Waals surface area (Å²) in [7, 11) is 0. The topological polar surface area (TPSA) is 91.3 Å². The van der Waals surface area contributed by atoms with Crippen LogP contribution in [0.15, 0.2) is 36.0 Å². The van der Waals surface area contributed by atoms with Crippen molar-refractivity contribution in [2.24, 2.45) is 22.7 Å². The zero-order chi connectivity index (χ0) is 26.0. The summed E-state index contributed by atoms with van der Waals surface area (Å²) >= 11 is 0. The smallest absolute Gasteiger partial charge is 0.305 e. The summed E-state index contributed by atoms with van der Waals surface area (Å²) in [6.07, 6.45) is 6.68. The van der Waals surface area contributed by atoms with Gasteiger partial charge in [0.05, 0.1) is 17.6 Å². The van der Waals surface area contributed by atoms with Crippen LogP contribution in [0.4, 0.5) is 0 Å². The van der Waals surface area contributed by atoms with Crippen LogP contribution in [0.2, 0.25) is 0 Å².